The van der Waals surface area contributed by atoms with E-state index in [1.54, 1.807) is 22.2 Å². The van der Waals surface area contributed by atoms with Crippen molar-refractivity contribution in [3.8, 4) is 5.75 Å². The third-order valence-corrected chi connectivity index (χ3v) is 8.88. The minimum atomic E-state index is -3.95. The smallest absolute Gasteiger partial charge is 0.341 e. The van der Waals surface area contributed by atoms with Crippen LogP contribution in [-0.2, 0) is 41.3 Å². The fourth-order valence-corrected chi connectivity index (χ4v) is 6.65. The Morgan fingerprint density at radius 2 is 1.94 bits per heavy atom. The summed E-state index contributed by atoms with van der Waals surface area (Å²) in [5.41, 5.74) is 3.01. The molecule has 190 valence electrons. The van der Waals surface area contributed by atoms with Crippen LogP contribution in [0.3, 0.4) is 0 Å². The number of aryl methyl sites for hydroxylation is 3. The number of anilines is 1. The fourth-order valence-electron chi connectivity index (χ4n) is 4.85. The number of fused-ring (bicyclic) bond motifs is 1. The van der Waals surface area contributed by atoms with Crippen LogP contribution in [0, 0.1) is 5.92 Å². The maximum atomic E-state index is 14.1. The molecule has 2 aliphatic rings. The van der Waals surface area contributed by atoms with E-state index in [0.29, 0.717) is 11.7 Å². The number of esters is 1. The standard InChI is InChI=1S/C26H30N4O5S/c1-4-17-5-10-23-19(13-17)8-11-22(18-6-7-18)30(23)36(32,33)20-9-12-24(21(14-20)26(31)34-3)35-15-25-28-27-16-29(25)2/h5,9-10,12-14,16,18,22H,4,6-8,11,15H2,1-3H3. The third kappa shape index (κ3) is 4.45. The number of hydrogen-bond acceptors (Lipinski definition) is 7. The molecule has 9 nitrogen and oxygen atoms in total. The van der Waals surface area contributed by atoms with Gasteiger partial charge in [-0.25, -0.2) is 13.2 Å². The average molecular weight is 511 g/mol. The van der Waals surface area contributed by atoms with Crippen molar-refractivity contribution in [3.63, 3.8) is 0 Å². The monoisotopic (exact) mass is 510 g/mol. The van der Waals surface area contributed by atoms with E-state index >= 15 is 0 Å². The molecule has 36 heavy (non-hydrogen) atoms. The highest BCUT2D eigenvalue weighted by Crippen LogP contribution is 2.45. The fraction of sp³-hybridized carbons (Fsp3) is 0.423. The second-order valence-corrected chi connectivity index (χ2v) is 11.2. The number of methoxy groups -OCH3 is 1. The lowest BCUT2D eigenvalue weighted by Gasteiger charge is -2.38. The van der Waals surface area contributed by atoms with Crippen molar-refractivity contribution in [2.75, 3.05) is 11.4 Å². The normalized spacial score (nSPS) is 17.5. The highest BCUT2D eigenvalue weighted by atomic mass is 32.2. The largest absolute Gasteiger partial charge is 0.485 e. The van der Waals surface area contributed by atoms with Crippen molar-refractivity contribution in [2.45, 2.75) is 56.6 Å². The van der Waals surface area contributed by atoms with Crippen LogP contribution >= 0.6 is 0 Å². The van der Waals surface area contributed by atoms with E-state index in [1.807, 2.05) is 12.1 Å². The van der Waals surface area contributed by atoms with Gasteiger partial charge in [-0.1, -0.05) is 19.1 Å². The molecule has 0 radical (unpaired) electrons. The molecule has 3 aromatic rings. The lowest BCUT2D eigenvalue weighted by atomic mass is 9.93. The molecule has 1 aliphatic heterocycles. The highest BCUT2D eigenvalue weighted by molar-refractivity contribution is 7.92. The van der Waals surface area contributed by atoms with Gasteiger partial charge in [0, 0.05) is 13.1 Å². The van der Waals surface area contributed by atoms with E-state index < -0.39 is 16.0 Å². The Balaban J connectivity index is 1.53. The van der Waals surface area contributed by atoms with Crippen molar-refractivity contribution >= 4 is 21.7 Å². The predicted octanol–water partition coefficient (Wildman–Crippen LogP) is 3.66. The lowest BCUT2D eigenvalue weighted by molar-refractivity contribution is 0.0595. The Morgan fingerprint density at radius 1 is 1.14 bits per heavy atom. The summed E-state index contributed by atoms with van der Waals surface area (Å²) in [6, 6.07) is 10.3. The first kappa shape index (κ1) is 24.3. The summed E-state index contributed by atoms with van der Waals surface area (Å²) in [5, 5.41) is 7.79. The first-order valence-electron chi connectivity index (χ1n) is 12.2. The molecule has 5 rings (SSSR count). The summed E-state index contributed by atoms with van der Waals surface area (Å²) >= 11 is 0. The Labute approximate surface area is 211 Å². The van der Waals surface area contributed by atoms with E-state index in [0.717, 1.165) is 43.4 Å². The molecule has 1 unspecified atom stereocenters. The van der Waals surface area contributed by atoms with E-state index in [9.17, 15) is 13.2 Å². The van der Waals surface area contributed by atoms with Crippen molar-refractivity contribution < 1.29 is 22.7 Å². The Bertz CT molecular complexity index is 1400. The van der Waals surface area contributed by atoms with Crippen molar-refractivity contribution in [1.82, 2.24) is 14.8 Å². The molecule has 1 fully saturated rings. The van der Waals surface area contributed by atoms with E-state index in [2.05, 4.69) is 23.2 Å². The number of sulfonamides is 1. The number of carbonyl (C=O) groups is 1. The molecule has 1 aromatic heterocycles. The van der Waals surface area contributed by atoms with Crippen LogP contribution in [0.1, 0.15) is 53.5 Å². The molecular formula is C26H30N4O5S. The molecule has 1 saturated carbocycles. The molecule has 0 bridgehead atoms. The number of hydrogen-bond donors (Lipinski definition) is 0. The van der Waals surface area contributed by atoms with Crippen LogP contribution in [-0.4, -0.2) is 42.3 Å². The van der Waals surface area contributed by atoms with Gasteiger partial charge in [-0.05, 0) is 73.4 Å². The van der Waals surface area contributed by atoms with Gasteiger partial charge in [-0.15, -0.1) is 10.2 Å². The van der Waals surface area contributed by atoms with Crippen molar-refractivity contribution in [2.24, 2.45) is 13.0 Å². The van der Waals surface area contributed by atoms with E-state index in [1.165, 1.54) is 30.9 Å². The van der Waals surface area contributed by atoms with Gasteiger partial charge in [0.05, 0.1) is 17.7 Å². The number of ether oxygens (including phenoxy) is 2. The molecule has 10 heteroatoms. The van der Waals surface area contributed by atoms with Gasteiger partial charge in [-0.2, -0.15) is 0 Å². The minimum Gasteiger partial charge on any atom is -0.485 e. The molecule has 2 aromatic carbocycles. The lowest BCUT2D eigenvalue weighted by Crippen LogP contribution is -2.45. The van der Waals surface area contributed by atoms with Gasteiger partial charge in [-0.3, -0.25) is 4.31 Å². The van der Waals surface area contributed by atoms with Gasteiger partial charge in [0.25, 0.3) is 10.0 Å². The SMILES string of the molecule is CCc1ccc2c(c1)CCC(C1CC1)N2S(=O)(=O)c1ccc(OCc2nncn2C)c(C(=O)OC)c1. The number of aromatic nitrogens is 3. The van der Waals surface area contributed by atoms with Gasteiger partial charge in [0.15, 0.2) is 5.82 Å². The number of rotatable bonds is 8. The van der Waals surface area contributed by atoms with E-state index in [4.69, 9.17) is 9.47 Å². The first-order chi connectivity index (χ1) is 17.3. The van der Waals surface area contributed by atoms with Gasteiger partial charge < -0.3 is 14.0 Å². The molecule has 0 N–H and O–H groups in total. The van der Waals surface area contributed by atoms with Crippen LogP contribution in [0.5, 0.6) is 5.75 Å². The molecule has 0 spiro atoms. The van der Waals surface area contributed by atoms with Crippen LogP contribution < -0.4 is 9.04 Å². The first-order valence-corrected chi connectivity index (χ1v) is 13.6. The summed E-state index contributed by atoms with van der Waals surface area (Å²) in [6.07, 6.45) is 6.14. The average Bonchev–Trinajstić information content (AvgIpc) is 3.66. The zero-order valence-electron chi connectivity index (χ0n) is 20.7. The second-order valence-electron chi connectivity index (χ2n) is 9.36. The Kier molecular flexibility index (Phi) is 6.46. The van der Waals surface area contributed by atoms with Crippen LogP contribution in [0.25, 0.3) is 0 Å². The number of carbonyl (C=O) groups excluding carboxylic acids is 1. The van der Waals surface area contributed by atoms with Crippen molar-refractivity contribution in [3.05, 3.63) is 65.2 Å². The summed E-state index contributed by atoms with van der Waals surface area (Å²) in [4.78, 5) is 12.7. The zero-order chi connectivity index (χ0) is 25.4. The zero-order valence-corrected chi connectivity index (χ0v) is 21.5. The summed E-state index contributed by atoms with van der Waals surface area (Å²) in [6.45, 7) is 2.16. The van der Waals surface area contributed by atoms with Crippen LogP contribution in [0.2, 0.25) is 0 Å². The Hall–Kier alpha value is -3.40. The van der Waals surface area contributed by atoms with Crippen LogP contribution in [0.4, 0.5) is 5.69 Å². The quantitative estimate of drug-likeness (QED) is 0.426. The molecule has 0 saturated heterocycles. The van der Waals surface area contributed by atoms with Crippen molar-refractivity contribution in [1.29, 1.82) is 0 Å². The van der Waals surface area contributed by atoms with E-state index in [-0.39, 0.29) is 28.9 Å². The molecule has 2 heterocycles. The third-order valence-electron chi connectivity index (χ3n) is 7.04. The maximum absolute atomic E-state index is 14.1. The maximum Gasteiger partial charge on any atom is 0.341 e. The topological polar surface area (TPSA) is 104 Å². The highest BCUT2D eigenvalue weighted by Gasteiger charge is 2.44. The van der Waals surface area contributed by atoms with Gasteiger partial charge in [0.1, 0.15) is 24.2 Å². The molecule has 1 aliphatic carbocycles. The number of nitrogens with zero attached hydrogens (tertiary/aromatic N) is 4. The number of benzene rings is 2. The van der Waals surface area contributed by atoms with Gasteiger partial charge in [0.2, 0.25) is 0 Å². The van der Waals surface area contributed by atoms with Crippen LogP contribution in [0.15, 0.2) is 47.6 Å². The summed E-state index contributed by atoms with van der Waals surface area (Å²) in [7, 11) is -0.913. The molecule has 1 atom stereocenters. The predicted molar refractivity (Wildman–Crippen MR) is 133 cm³/mol. The minimum absolute atomic E-state index is 0.0342. The molecule has 0 amide bonds. The Morgan fingerprint density at radius 3 is 2.61 bits per heavy atom. The second kappa shape index (κ2) is 9.57. The summed E-state index contributed by atoms with van der Waals surface area (Å²) in [5.74, 6) is 0.457. The summed E-state index contributed by atoms with van der Waals surface area (Å²) < 4.78 is 42.3. The molecular weight excluding hydrogens is 480 g/mol. The van der Waals surface area contributed by atoms with Gasteiger partial charge >= 0.3 is 5.97 Å².